The van der Waals surface area contributed by atoms with Crippen molar-refractivity contribution in [2.45, 2.75) is 13.0 Å². The van der Waals surface area contributed by atoms with Crippen LogP contribution >= 0.6 is 0 Å². The molecule has 3 aromatic carbocycles. The van der Waals surface area contributed by atoms with Crippen molar-refractivity contribution >= 4 is 21.6 Å². The molecule has 0 radical (unpaired) electrons. The molecule has 1 aliphatic rings. The Hall–Kier alpha value is -3.27. The number of amides is 1. The summed E-state index contributed by atoms with van der Waals surface area (Å²) in [4.78, 5) is 20.2. The number of hydrogen-bond acceptors (Lipinski definition) is 5. The highest BCUT2D eigenvalue weighted by atomic mass is 32.2. The lowest BCUT2D eigenvalue weighted by molar-refractivity contribution is -0.138. The van der Waals surface area contributed by atoms with Crippen LogP contribution in [0.1, 0.15) is 11.1 Å². The van der Waals surface area contributed by atoms with Crippen molar-refractivity contribution < 1.29 is 22.4 Å². The molecule has 1 saturated heterocycles. The van der Waals surface area contributed by atoms with Crippen molar-refractivity contribution in [3.63, 3.8) is 0 Å². The topological polar surface area (TPSA) is 78.9 Å². The van der Waals surface area contributed by atoms with E-state index in [9.17, 15) is 17.6 Å². The first-order chi connectivity index (χ1) is 17.4. The monoisotopic (exact) mass is 511 g/mol. The third-order valence-electron chi connectivity index (χ3n) is 6.19. The summed E-state index contributed by atoms with van der Waals surface area (Å²) in [5.41, 5.74) is 4.65. The minimum atomic E-state index is -3.74. The SMILES string of the molecule is O=C(NOCc1ccccc1)C(Cc1ccccc1)CS(=O)(=O)N1CCN(c2ccccc2F)CC1. The van der Waals surface area contributed by atoms with Gasteiger partial charge in [-0.2, -0.15) is 4.31 Å². The van der Waals surface area contributed by atoms with Gasteiger partial charge in [0.15, 0.2) is 0 Å². The third-order valence-corrected chi connectivity index (χ3v) is 8.16. The molecule has 1 fully saturated rings. The lowest BCUT2D eigenvalue weighted by atomic mass is 10.0. The van der Waals surface area contributed by atoms with Crippen LogP contribution in [0.2, 0.25) is 0 Å². The molecule has 0 aromatic heterocycles. The number of nitrogens with one attached hydrogen (secondary N) is 1. The molecule has 0 bridgehead atoms. The average Bonchev–Trinajstić information content (AvgIpc) is 2.90. The van der Waals surface area contributed by atoms with E-state index >= 15 is 0 Å². The summed E-state index contributed by atoms with van der Waals surface area (Å²) in [5.74, 6) is -1.99. The van der Waals surface area contributed by atoms with Crippen LogP contribution in [0.5, 0.6) is 0 Å². The highest BCUT2D eigenvalue weighted by molar-refractivity contribution is 7.89. The van der Waals surface area contributed by atoms with Crippen LogP contribution in [0, 0.1) is 11.7 Å². The number of piperazine rings is 1. The number of para-hydroxylation sites is 1. The van der Waals surface area contributed by atoms with Gasteiger partial charge in [-0.15, -0.1) is 0 Å². The Balaban J connectivity index is 1.40. The predicted octanol–water partition coefficient (Wildman–Crippen LogP) is 3.38. The van der Waals surface area contributed by atoms with Gasteiger partial charge in [0.05, 0.1) is 24.0 Å². The van der Waals surface area contributed by atoms with Gasteiger partial charge in [0.2, 0.25) is 15.9 Å². The predicted molar refractivity (Wildman–Crippen MR) is 137 cm³/mol. The van der Waals surface area contributed by atoms with Gasteiger partial charge in [0, 0.05) is 26.2 Å². The second kappa shape index (κ2) is 12.1. The van der Waals surface area contributed by atoms with E-state index in [1.165, 1.54) is 10.4 Å². The van der Waals surface area contributed by atoms with E-state index in [4.69, 9.17) is 4.84 Å². The van der Waals surface area contributed by atoms with Crippen molar-refractivity contribution in [1.82, 2.24) is 9.79 Å². The molecule has 7 nitrogen and oxygen atoms in total. The molecule has 1 atom stereocenters. The molecule has 1 amide bonds. The molecule has 9 heteroatoms. The highest BCUT2D eigenvalue weighted by Crippen LogP contribution is 2.22. The van der Waals surface area contributed by atoms with Crippen molar-refractivity contribution in [3.8, 4) is 0 Å². The van der Waals surface area contributed by atoms with Crippen LogP contribution in [0.25, 0.3) is 0 Å². The van der Waals surface area contributed by atoms with Crippen molar-refractivity contribution in [3.05, 3.63) is 102 Å². The van der Waals surface area contributed by atoms with Gasteiger partial charge in [0.1, 0.15) is 5.82 Å². The van der Waals surface area contributed by atoms with Crippen LogP contribution in [0.4, 0.5) is 10.1 Å². The molecule has 0 aliphatic carbocycles. The van der Waals surface area contributed by atoms with Crippen molar-refractivity contribution in [2.24, 2.45) is 5.92 Å². The maximum absolute atomic E-state index is 14.2. The van der Waals surface area contributed by atoms with Crippen LogP contribution in [-0.2, 0) is 32.7 Å². The van der Waals surface area contributed by atoms with E-state index < -0.39 is 21.8 Å². The maximum atomic E-state index is 14.2. The largest absolute Gasteiger partial charge is 0.367 e. The van der Waals surface area contributed by atoms with E-state index in [1.54, 1.807) is 18.2 Å². The molecule has 3 aromatic rings. The zero-order valence-electron chi connectivity index (χ0n) is 19.9. The summed E-state index contributed by atoms with van der Waals surface area (Å²) in [6, 6.07) is 25.2. The van der Waals surface area contributed by atoms with Gasteiger partial charge in [-0.25, -0.2) is 18.3 Å². The zero-order chi connectivity index (χ0) is 25.4. The van der Waals surface area contributed by atoms with Gasteiger partial charge in [-0.05, 0) is 29.7 Å². The Morgan fingerprint density at radius 1 is 0.861 bits per heavy atom. The number of sulfonamides is 1. The number of hydroxylamine groups is 1. The minimum absolute atomic E-state index is 0.176. The molecule has 36 heavy (non-hydrogen) atoms. The molecule has 1 N–H and O–H groups in total. The van der Waals surface area contributed by atoms with Crippen molar-refractivity contribution in [2.75, 3.05) is 36.8 Å². The molecule has 4 rings (SSSR count). The summed E-state index contributed by atoms with van der Waals surface area (Å²) in [7, 11) is -3.74. The van der Waals surface area contributed by atoms with Gasteiger partial charge < -0.3 is 4.90 Å². The lowest BCUT2D eigenvalue weighted by Gasteiger charge is -2.36. The smallest absolute Gasteiger partial charge is 0.248 e. The first kappa shape index (κ1) is 25.8. The fourth-order valence-electron chi connectivity index (χ4n) is 4.25. The van der Waals surface area contributed by atoms with E-state index in [0.29, 0.717) is 18.8 Å². The molecule has 1 aliphatic heterocycles. The number of halogens is 1. The molecule has 1 unspecified atom stereocenters. The van der Waals surface area contributed by atoms with E-state index in [-0.39, 0.29) is 37.7 Å². The van der Waals surface area contributed by atoms with Crippen LogP contribution in [0.3, 0.4) is 0 Å². The first-order valence-electron chi connectivity index (χ1n) is 11.9. The fourth-order valence-corrected chi connectivity index (χ4v) is 5.96. The Morgan fingerprint density at radius 2 is 1.44 bits per heavy atom. The lowest BCUT2D eigenvalue weighted by Crippen LogP contribution is -2.51. The van der Waals surface area contributed by atoms with Crippen LogP contribution in [-0.4, -0.2) is 50.6 Å². The highest BCUT2D eigenvalue weighted by Gasteiger charge is 2.33. The quantitative estimate of drug-likeness (QED) is 0.422. The summed E-state index contributed by atoms with van der Waals surface area (Å²) in [6.45, 7) is 1.36. The van der Waals surface area contributed by atoms with Gasteiger partial charge in [-0.1, -0.05) is 72.8 Å². The summed E-state index contributed by atoms with van der Waals surface area (Å²) in [5, 5.41) is 0. The van der Waals surface area contributed by atoms with Gasteiger partial charge >= 0.3 is 0 Å². The minimum Gasteiger partial charge on any atom is -0.367 e. The van der Waals surface area contributed by atoms with Crippen molar-refractivity contribution in [1.29, 1.82) is 0 Å². The Kier molecular flexibility index (Phi) is 8.69. The molecule has 1 heterocycles. The average molecular weight is 512 g/mol. The zero-order valence-corrected chi connectivity index (χ0v) is 20.7. The number of carbonyl (C=O) groups is 1. The van der Waals surface area contributed by atoms with E-state index in [1.807, 2.05) is 65.6 Å². The Morgan fingerprint density at radius 3 is 2.08 bits per heavy atom. The Bertz CT molecular complexity index is 1230. The number of rotatable bonds is 10. The molecule has 0 saturated carbocycles. The van der Waals surface area contributed by atoms with Gasteiger partial charge in [0.25, 0.3) is 0 Å². The third kappa shape index (κ3) is 6.90. The second-order valence-electron chi connectivity index (χ2n) is 8.74. The standard InChI is InChI=1S/C27H30FN3O4S/c28-25-13-7-8-14-26(25)30-15-17-31(18-16-30)36(33,34)21-24(19-22-9-3-1-4-10-22)27(32)29-35-20-23-11-5-2-6-12-23/h1-14,24H,15-21H2,(H,29,32). The number of carbonyl (C=O) groups excluding carboxylic acids is 1. The molecule has 190 valence electrons. The fraction of sp³-hybridized carbons (Fsp3) is 0.296. The molecule has 0 spiro atoms. The summed E-state index contributed by atoms with van der Waals surface area (Å²) < 4.78 is 42.2. The number of anilines is 1. The normalized spacial score (nSPS) is 15.4. The van der Waals surface area contributed by atoms with E-state index in [0.717, 1.165) is 11.1 Å². The molecular formula is C27H30FN3O4S. The molecular weight excluding hydrogens is 481 g/mol. The summed E-state index contributed by atoms with van der Waals surface area (Å²) >= 11 is 0. The van der Waals surface area contributed by atoms with E-state index in [2.05, 4.69) is 5.48 Å². The number of benzene rings is 3. The first-order valence-corrected chi connectivity index (χ1v) is 13.5. The maximum Gasteiger partial charge on any atom is 0.248 e. The number of hydrogen-bond donors (Lipinski definition) is 1. The Labute approximate surface area is 211 Å². The second-order valence-corrected chi connectivity index (χ2v) is 10.8. The van der Waals surface area contributed by atoms with Crippen LogP contribution < -0.4 is 10.4 Å². The van der Waals surface area contributed by atoms with Crippen LogP contribution in [0.15, 0.2) is 84.9 Å². The van der Waals surface area contributed by atoms with Gasteiger partial charge in [-0.3, -0.25) is 9.63 Å². The number of nitrogens with zero attached hydrogens (tertiary/aromatic N) is 2. The summed E-state index contributed by atoms with van der Waals surface area (Å²) in [6.07, 6.45) is 0.260.